The Kier molecular flexibility index (Phi) is 7.21. The summed E-state index contributed by atoms with van der Waals surface area (Å²) in [6, 6.07) is 22.2. The normalized spacial score (nSPS) is 19.3. The van der Waals surface area contributed by atoms with Crippen molar-refractivity contribution >= 4 is 22.5 Å². The number of allylic oxidation sites excluding steroid dienone is 8. The third-order valence-corrected chi connectivity index (χ3v) is 8.40. The molecular formula is C35H41N3. The molecule has 1 aromatic heterocycles. The SMILES string of the molecule is Cc1ccc(N(C)C2=CC=C(c3ccc(C4=CC=C(N(C)c5ccc(C)cc5)C(C)C4)n3C)C(C)C2)cc1. The molecule has 38 heavy (non-hydrogen) atoms. The molecule has 2 aromatic carbocycles. The molecule has 0 saturated heterocycles. The van der Waals surface area contributed by atoms with E-state index in [0.29, 0.717) is 11.8 Å². The van der Waals surface area contributed by atoms with Crippen molar-refractivity contribution in [3.05, 3.63) is 119 Å². The Morgan fingerprint density at radius 1 is 0.632 bits per heavy atom. The summed E-state index contributed by atoms with van der Waals surface area (Å²) in [6.07, 6.45) is 11.4. The van der Waals surface area contributed by atoms with Crippen LogP contribution >= 0.6 is 0 Å². The van der Waals surface area contributed by atoms with Crippen LogP contribution in [0.25, 0.3) is 11.1 Å². The van der Waals surface area contributed by atoms with E-state index in [1.54, 1.807) is 0 Å². The van der Waals surface area contributed by atoms with Crippen LogP contribution in [0.5, 0.6) is 0 Å². The van der Waals surface area contributed by atoms with Crippen LogP contribution in [-0.2, 0) is 7.05 Å². The molecule has 2 aliphatic rings. The standard InChI is InChI=1S/C35H41N3/c1-24-8-13-29(14-9-24)36(5)31-17-18-32(26(3)23-31)35-21-20-34(38(35)7)28-12-19-33(27(4)22-28)37(6)30-15-10-25(2)11-16-30/h8-21,26-27H,22-23H2,1-7H3. The second-order valence-corrected chi connectivity index (χ2v) is 11.2. The molecule has 0 radical (unpaired) electrons. The Balaban J connectivity index is 1.38. The highest BCUT2D eigenvalue weighted by Gasteiger charge is 2.25. The number of hydrogen-bond acceptors (Lipinski definition) is 2. The zero-order chi connectivity index (χ0) is 27.0. The van der Waals surface area contributed by atoms with E-state index < -0.39 is 0 Å². The van der Waals surface area contributed by atoms with Crippen molar-refractivity contribution in [3.8, 4) is 0 Å². The zero-order valence-electron chi connectivity index (χ0n) is 24.0. The lowest BCUT2D eigenvalue weighted by atomic mass is 9.88. The van der Waals surface area contributed by atoms with Crippen molar-refractivity contribution in [1.29, 1.82) is 0 Å². The van der Waals surface area contributed by atoms with Gasteiger partial charge in [-0.15, -0.1) is 0 Å². The number of hydrogen-bond donors (Lipinski definition) is 0. The number of rotatable bonds is 6. The van der Waals surface area contributed by atoms with E-state index in [9.17, 15) is 0 Å². The molecule has 3 aromatic rings. The van der Waals surface area contributed by atoms with Gasteiger partial charge < -0.3 is 14.4 Å². The van der Waals surface area contributed by atoms with Crippen LogP contribution in [0.15, 0.2) is 96.4 Å². The molecule has 0 N–H and O–H groups in total. The molecule has 0 bridgehead atoms. The molecule has 196 valence electrons. The summed E-state index contributed by atoms with van der Waals surface area (Å²) in [5.74, 6) is 0.911. The van der Waals surface area contributed by atoms with Crippen molar-refractivity contribution in [2.75, 3.05) is 23.9 Å². The number of anilines is 2. The fourth-order valence-corrected chi connectivity index (χ4v) is 5.89. The molecule has 2 aliphatic carbocycles. The van der Waals surface area contributed by atoms with Crippen LogP contribution in [0.4, 0.5) is 11.4 Å². The first-order valence-electron chi connectivity index (χ1n) is 13.8. The van der Waals surface area contributed by atoms with E-state index >= 15 is 0 Å². The van der Waals surface area contributed by atoms with Crippen LogP contribution < -0.4 is 9.80 Å². The first-order chi connectivity index (χ1) is 18.2. The van der Waals surface area contributed by atoms with Gasteiger partial charge in [-0.3, -0.25) is 0 Å². The average molecular weight is 504 g/mol. The van der Waals surface area contributed by atoms with Gasteiger partial charge in [0.2, 0.25) is 0 Å². The number of nitrogens with zero attached hydrogens (tertiary/aromatic N) is 3. The molecule has 2 unspecified atom stereocenters. The maximum Gasteiger partial charge on any atom is 0.0444 e. The van der Waals surface area contributed by atoms with Gasteiger partial charge in [0.05, 0.1) is 0 Å². The first-order valence-corrected chi connectivity index (χ1v) is 13.8. The predicted molar refractivity (Wildman–Crippen MR) is 164 cm³/mol. The van der Waals surface area contributed by atoms with Gasteiger partial charge in [-0.1, -0.05) is 61.4 Å². The summed E-state index contributed by atoms with van der Waals surface area (Å²) in [7, 11) is 6.58. The number of benzene rings is 2. The summed E-state index contributed by atoms with van der Waals surface area (Å²) in [6.45, 7) is 8.97. The molecule has 0 aliphatic heterocycles. The van der Waals surface area contributed by atoms with Crippen molar-refractivity contribution in [2.45, 2.75) is 40.5 Å². The van der Waals surface area contributed by atoms with E-state index in [2.05, 4.69) is 148 Å². The predicted octanol–water partition coefficient (Wildman–Crippen LogP) is 8.53. The van der Waals surface area contributed by atoms with E-state index in [1.165, 1.54) is 56.4 Å². The lowest BCUT2D eigenvalue weighted by Crippen LogP contribution is -2.23. The van der Waals surface area contributed by atoms with Gasteiger partial charge in [0.25, 0.3) is 0 Å². The first kappa shape index (κ1) is 25.9. The monoisotopic (exact) mass is 503 g/mol. The van der Waals surface area contributed by atoms with Gasteiger partial charge in [-0.2, -0.15) is 0 Å². The summed E-state index contributed by atoms with van der Waals surface area (Å²) < 4.78 is 2.39. The van der Waals surface area contributed by atoms with E-state index in [4.69, 9.17) is 0 Å². The van der Waals surface area contributed by atoms with Gasteiger partial charge in [-0.25, -0.2) is 0 Å². The maximum absolute atomic E-state index is 2.39. The summed E-state index contributed by atoms with van der Waals surface area (Å²) in [4.78, 5) is 4.66. The van der Waals surface area contributed by atoms with Crippen LogP contribution in [0.2, 0.25) is 0 Å². The Bertz CT molecular complexity index is 1430. The van der Waals surface area contributed by atoms with Crippen LogP contribution in [0, 0.1) is 25.7 Å². The van der Waals surface area contributed by atoms with Crippen molar-refractivity contribution in [2.24, 2.45) is 18.9 Å². The van der Waals surface area contributed by atoms with Gasteiger partial charge in [0.15, 0.2) is 0 Å². The topological polar surface area (TPSA) is 11.4 Å². The third-order valence-electron chi connectivity index (χ3n) is 8.40. The Morgan fingerprint density at radius 3 is 1.79 bits per heavy atom. The smallest absolute Gasteiger partial charge is 0.0444 e. The van der Waals surface area contributed by atoms with E-state index in [-0.39, 0.29) is 0 Å². The van der Waals surface area contributed by atoms with Crippen LogP contribution in [0.1, 0.15) is 49.2 Å². The zero-order valence-corrected chi connectivity index (χ0v) is 24.0. The molecule has 3 nitrogen and oxygen atoms in total. The lowest BCUT2D eigenvalue weighted by molar-refractivity contribution is 0.666. The summed E-state index contributed by atoms with van der Waals surface area (Å²) in [5.41, 5.74) is 13.3. The fourth-order valence-electron chi connectivity index (χ4n) is 5.89. The Hall–Kier alpha value is -3.72. The highest BCUT2D eigenvalue weighted by Crippen LogP contribution is 2.38. The molecule has 3 heteroatoms. The van der Waals surface area contributed by atoms with E-state index in [1.807, 2.05) is 0 Å². The van der Waals surface area contributed by atoms with Crippen LogP contribution in [-0.4, -0.2) is 18.7 Å². The van der Waals surface area contributed by atoms with Crippen molar-refractivity contribution < 1.29 is 0 Å². The van der Waals surface area contributed by atoms with E-state index in [0.717, 1.165) is 12.8 Å². The minimum atomic E-state index is 0.454. The fraction of sp³-hybridized carbons (Fsp3) is 0.314. The Labute approximate surface area is 229 Å². The van der Waals surface area contributed by atoms with Crippen molar-refractivity contribution in [1.82, 2.24) is 4.57 Å². The summed E-state index contributed by atoms with van der Waals surface area (Å²) in [5, 5.41) is 0. The van der Waals surface area contributed by atoms with Gasteiger partial charge in [-0.05, 0) is 92.3 Å². The molecule has 5 rings (SSSR count). The number of aromatic nitrogens is 1. The maximum atomic E-state index is 2.39. The second-order valence-electron chi connectivity index (χ2n) is 11.2. The second kappa shape index (κ2) is 10.6. The minimum Gasteiger partial charge on any atom is -0.348 e. The van der Waals surface area contributed by atoms with Gasteiger partial charge in [0.1, 0.15) is 0 Å². The number of aryl methyl sites for hydroxylation is 2. The molecule has 0 fully saturated rings. The van der Waals surface area contributed by atoms with Crippen LogP contribution in [0.3, 0.4) is 0 Å². The van der Waals surface area contributed by atoms with Gasteiger partial charge >= 0.3 is 0 Å². The molecule has 1 heterocycles. The average Bonchev–Trinajstić information content (AvgIpc) is 3.29. The Morgan fingerprint density at radius 2 is 1.21 bits per heavy atom. The highest BCUT2D eigenvalue weighted by atomic mass is 15.1. The quantitative estimate of drug-likeness (QED) is 0.334. The molecule has 2 atom stereocenters. The molecule has 0 amide bonds. The largest absolute Gasteiger partial charge is 0.348 e. The van der Waals surface area contributed by atoms with Gasteiger partial charge in [0, 0.05) is 61.2 Å². The van der Waals surface area contributed by atoms with Crippen molar-refractivity contribution in [3.63, 3.8) is 0 Å². The molecular weight excluding hydrogens is 462 g/mol. The highest BCUT2D eigenvalue weighted by molar-refractivity contribution is 5.75. The summed E-state index contributed by atoms with van der Waals surface area (Å²) >= 11 is 0. The molecule has 0 saturated carbocycles. The lowest BCUT2D eigenvalue weighted by Gasteiger charge is -2.31. The third kappa shape index (κ3) is 5.03. The minimum absolute atomic E-state index is 0.454. The molecule has 0 spiro atoms.